The van der Waals surface area contributed by atoms with Gasteiger partial charge < -0.3 is 10.1 Å². The summed E-state index contributed by atoms with van der Waals surface area (Å²) in [5.74, 6) is 0.744. The van der Waals surface area contributed by atoms with Crippen molar-refractivity contribution in [2.24, 2.45) is 0 Å². The molecule has 0 saturated carbocycles. The van der Waals surface area contributed by atoms with E-state index in [1.165, 1.54) is 29.5 Å². The summed E-state index contributed by atoms with van der Waals surface area (Å²) < 4.78 is 5.89. The van der Waals surface area contributed by atoms with Crippen LogP contribution in [0.3, 0.4) is 0 Å². The fourth-order valence-corrected chi connectivity index (χ4v) is 3.50. The predicted octanol–water partition coefficient (Wildman–Crippen LogP) is 4.47. The smallest absolute Gasteiger partial charge is 0.260 e. The van der Waals surface area contributed by atoms with Crippen molar-refractivity contribution in [1.82, 2.24) is 5.32 Å². The third kappa shape index (κ3) is 5.10. The van der Waals surface area contributed by atoms with Crippen molar-refractivity contribution in [3.8, 4) is 5.75 Å². The van der Waals surface area contributed by atoms with Crippen LogP contribution in [0.4, 0.5) is 0 Å². The van der Waals surface area contributed by atoms with Crippen molar-refractivity contribution in [1.29, 1.82) is 0 Å². The third-order valence-electron chi connectivity index (χ3n) is 5.10. The van der Waals surface area contributed by atoms with Gasteiger partial charge in [0.15, 0.2) is 6.10 Å². The molecule has 26 heavy (non-hydrogen) atoms. The molecule has 0 fully saturated rings. The van der Waals surface area contributed by atoms with E-state index >= 15 is 0 Å². The number of hydrogen-bond donors (Lipinski definition) is 1. The Hall–Kier alpha value is -2.29. The number of fused-ring (bicyclic) bond motifs is 1. The van der Waals surface area contributed by atoms with Gasteiger partial charge in [-0.2, -0.15) is 0 Å². The number of carbonyl (C=O) groups is 1. The summed E-state index contributed by atoms with van der Waals surface area (Å²) in [7, 11) is 0. The molecule has 2 atom stereocenters. The number of rotatable bonds is 7. The molecule has 0 aromatic heterocycles. The van der Waals surface area contributed by atoms with Crippen LogP contribution in [0.2, 0.25) is 0 Å². The Balaban J connectivity index is 1.48. The molecule has 1 N–H and O–H groups in total. The van der Waals surface area contributed by atoms with Crippen molar-refractivity contribution in [3.05, 3.63) is 65.2 Å². The molecule has 0 saturated heterocycles. The van der Waals surface area contributed by atoms with Gasteiger partial charge in [0.2, 0.25) is 0 Å². The van der Waals surface area contributed by atoms with E-state index in [-0.39, 0.29) is 11.9 Å². The van der Waals surface area contributed by atoms with Crippen molar-refractivity contribution < 1.29 is 9.53 Å². The summed E-state index contributed by atoms with van der Waals surface area (Å²) in [5.41, 5.74) is 4.10. The van der Waals surface area contributed by atoms with Crippen LogP contribution in [0.15, 0.2) is 48.5 Å². The van der Waals surface area contributed by atoms with E-state index in [2.05, 4.69) is 29.6 Å². The zero-order chi connectivity index (χ0) is 18.4. The molecule has 0 spiro atoms. The molecule has 1 amide bonds. The molecule has 3 nitrogen and oxygen atoms in total. The molecule has 0 unspecified atom stereocenters. The summed E-state index contributed by atoms with van der Waals surface area (Å²) in [6.45, 7) is 3.87. The molecule has 1 aliphatic rings. The van der Waals surface area contributed by atoms with E-state index in [0.717, 1.165) is 31.4 Å². The topological polar surface area (TPSA) is 38.3 Å². The highest BCUT2D eigenvalue weighted by molar-refractivity contribution is 5.81. The standard InChI is InChI=1S/C23H29NO2/c1-17(12-13-19-8-4-3-5-9-19)24-23(25)18(2)26-22-15-14-20-10-6-7-11-21(20)16-22/h3-5,8-9,14-18H,6-7,10-13H2,1-2H3,(H,24,25)/t17-,18+/m1/s1. The summed E-state index contributed by atoms with van der Waals surface area (Å²) in [6.07, 6.45) is 6.17. The molecule has 0 aliphatic heterocycles. The summed E-state index contributed by atoms with van der Waals surface area (Å²) >= 11 is 0. The number of ether oxygens (including phenoxy) is 1. The monoisotopic (exact) mass is 351 g/mol. The van der Waals surface area contributed by atoms with Crippen LogP contribution >= 0.6 is 0 Å². The van der Waals surface area contributed by atoms with Crippen LogP contribution in [0.1, 0.15) is 49.8 Å². The van der Waals surface area contributed by atoms with Crippen molar-refractivity contribution in [2.45, 2.75) is 64.5 Å². The Morgan fingerprint density at radius 1 is 1.04 bits per heavy atom. The van der Waals surface area contributed by atoms with Gasteiger partial charge in [0, 0.05) is 6.04 Å². The van der Waals surface area contributed by atoms with Gasteiger partial charge in [0.05, 0.1) is 0 Å². The molecule has 3 heteroatoms. The highest BCUT2D eigenvalue weighted by Crippen LogP contribution is 2.25. The lowest BCUT2D eigenvalue weighted by Crippen LogP contribution is -2.41. The second-order valence-electron chi connectivity index (χ2n) is 7.33. The van der Waals surface area contributed by atoms with Crippen LogP contribution < -0.4 is 10.1 Å². The zero-order valence-corrected chi connectivity index (χ0v) is 15.8. The SMILES string of the molecule is C[C@H](CCc1ccccc1)NC(=O)[C@H](C)Oc1ccc2c(c1)CCCC2. The number of carbonyl (C=O) groups excluding carboxylic acids is 1. The first-order valence-electron chi connectivity index (χ1n) is 9.74. The molecule has 3 rings (SSSR count). The Labute approximate surface area is 156 Å². The van der Waals surface area contributed by atoms with Crippen LogP contribution in [-0.4, -0.2) is 18.1 Å². The van der Waals surface area contributed by atoms with E-state index in [1.807, 2.05) is 38.1 Å². The van der Waals surface area contributed by atoms with Gasteiger partial charge in [-0.05, 0) is 81.2 Å². The second-order valence-corrected chi connectivity index (χ2v) is 7.33. The maximum Gasteiger partial charge on any atom is 0.260 e. The molecule has 138 valence electrons. The molecule has 2 aromatic carbocycles. The van der Waals surface area contributed by atoms with Crippen molar-refractivity contribution in [3.63, 3.8) is 0 Å². The maximum atomic E-state index is 12.4. The average molecular weight is 351 g/mol. The summed E-state index contributed by atoms with van der Waals surface area (Å²) in [4.78, 5) is 12.4. The largest absolute Gasteiger partial charge is 0.481 e. The highest BCUT2D eigenvalue weighted by Gasteiger charge is 2.18. The number of amides is 1. The van der Waals surface area contributed by atoms with Gasteiger partial charge in [0.25, 0.3) is 5.91 Å². The maximum absolute atomic E-state index is 12.4. The fraction of sp³-hybridized carbons (Fsp3) is 0.435. The van der Waals surface area contributed by atoms with Gasteiger partial charge in [-0.1, -0.05) is 36.4 Å². The van der Waals surface area contributed by atoms with Gasteiger partial charge in [-0.25, -0.2) is 0 Å². The minimum atomic E-state index is -0.490. The first-order chi connectivity index (χ1) is 12.6. The van der Waals surface area contributed by atoms with E-state index in [0.29, 0.717) is 0 Å². The molecular formula is C23H29NO2. The number of benzene rings is 2. The number of aryl methyl sites for hydroxylation is 3. The molecular weight excluding hydrogens is 322 g/mol. The Morgan fingerprint density at radius 2 is 1.77 bits per heavy atom. The first-order valence-corrected chi connectivity index (χ1v) is 9.74. The molecule has 0 radical (unpaired) electrons. The van der Waals surface area contributed by atoms with E-state index in [9.17, 15) is 4.79 Å². The normalized spacial score (nSPS) is 15.6. The number of hydrogen-bond acceptors (Lipinski definition) is 2. The fourth-order valence-electron chi connectivity index (χ4n) is 3.50. The quantitative estimate of drug-likeness (QED) is 0.799. The van der Waals surface area contributed by atoms with E-state index < -0.39 is 6.10 Å². The Bertz CT molecular complexity index is 726. The second kappa shape index (κ2) is 8.88. The first kappa shape index (κ1) is 18.5. The number of nitrogens with one attached hydrogen (secondary N) is 1. The zero-order valence-electron chi connectivity index (χ0n) is 15.8. The molecule has 0 heterocycles. The molecule has 2 aromatic rings. The van der Waals surface area contributed by atoms with Gasteiger partial charge >= 0.3 is 0 Å². The highest BCUT2D eigenvalue weighted by atomic mass is 16.5. The van der Waals surface area contributed by atoms with E-state index in [1.54, 1.807) is 0 Å². The molecule has 0 bridgehead atoms. The lowest BCUT2D eigenvalue weighted by atomic mass is 9.92. The molecule has 1 aliphatic carbocycles. The summed E-state index contributed by atoms with van der Waals surface area (Å²) in [5, 5.41) is 3.07. The van der Waals surface area contributed by atoms with Gasteiger partial charge in [-0.3, -0.25) is 4.79 Å². The Morgan fingerprint density at radius 3 is 2.54 bits per heavy atom. The van der Waals surface area contributed by atoms with Gasteiger partial charge in [-0.15, -0.1) is 0 Å². The van der Waals surface area contributed by atoms with Crippen LogP contribution in [0, 0.1) is 0 Å². The minimum absolute atomic E-state index is 0.0525. The van der Waals surface area contributed by atoms with Crippen molar-refractivity contribution >= 4 is 5.91 Å². The van der Waals surface area contributed by atoms with Crippen LogP contribution in [0.5, 0.6) is 5.75 Å². The summed E-state index contributed by atoms with van der Waals surface area (Å²) in [6, 6.07) is 16.7. The lowest BCUT2D eigenvalue weighted by Gasteiger charge is -2.21. The van der Waals surface area contributed by atoms with Gasteiger partial charge in [0.1, 0.15) is 5.75 Å². The average Bonchev–Trinajstić information content (AvgIpc) is 2.67. The van der Waals surface area contributed by atoms with Crippen LogP contribution in [-0.2, 0) is 24.1 Å². The van der Waals surface area contributed by atoms with E-state index in [4.69, 9.17) is 4.74 Å². The third-order valence-corrected chi connectivity index (χ3v) is 5.10. The Kier molecular flexibility index (Phi) is 6.32. The predicted molar refractivity (Wildman–Crippen MR) is 106 cm³/mol. The lowest BCUT2D eigenvalue weighted by molar-refractivity contribution is -0.127. The van der Waals surface area contributed by atoms with Crippen molar-refractivity contribution in [2.75, 3.05) is 0 Å². The minimum Gasteiger partial charge on any atom is -0.481 e. The van der Waals surface area contributed by atoms with Crippen LogP contribution in [0.25, 0.3) is 0 Å².